The topological polar surface area (TPSA) is 90.3 Å². The summed E-state index contributed by atoms with van der Waals surface area (Å²) in [4.78, 5) is 10.8. The molecule has 1 aromatic heterocycles. The van der Waals surface area contributed by atoms with Crippen molar-refractivity contribution in [3.8, 4) is 5.75 Å². The summed E-state index contributed by atoms with van der Waals surface area (Å²) < 4.78 is 5.51. The van der Waals surface area contributed by atoms with Gasteiger partial charge < -0.3 is 21.1 Å². The van der Waals surface area contributed by atoms with Gasteiger partial charge in [-0.3, -0.25) is 0 Å². The molecule has 0 aliphatic carbocycles. The lowest BCUT2D eigenvalue weighted by molar-refractivity contribution is 0.404. The Hall–Kier alpha value is -1.56. The van der Waals surface area contributed by atoms with E-state index < -0.39 is 0 Å². The number of ether oxygens (including phenoxy) is 1. The van der Waals surface area contributed by atoms with Crippen molar-refractivity contribution >= 4 is 11.8 Å². The smallest absolute Gasteiger partial charge is 0.222 e. The highest BCUT2D eigenvalue weighted by Gasteiger charge is 2.25. The van der Waals surface area contributed by atoms with E-state index in [9.17, 15) is 0 Å². The Bertz CT molecular complexity index is 437. The Morgan fingerprint density at radius 3 is 2.79 bits per heavy atom. The van der Waals surface area contributed by atoms with Crippen molar-refractivity contribution in [2.24, 2.45) is 5.73 Å². The summed E-state index contributed by atoms with van der Waals surface area (Å²) in [7, 11) is 1.66. The fourth-order valence-corrected chi connectivity index (χ4v) is 2.42. The van der Waals surface area contributed by atoms with E-state index in [1.807, 2.05) is 0 Å². The van der Waals surface area contributed by atoms with Crippen molar-refractivity contribution in [1.82, 2.24) is 9.97 Å². The zero-order valence-corrected chi connectivity index (χ0v) is 11.7. The van der Waals surface area contributed by atoms with Crippen LogP contribution in [0.3, 0.4) is 0 Å². The molecule has 1 aromatic rings. The summed E-state index contributed by atoms with van der Waals surface area (Å²) in [6.45, 7) is 3.83. The number of hydrogen-bond donors (Lipinski definition) is 2. The highest BCUT2D eigenvalue weighted by atomic mass is 16.5. The predicted molar refractivity (Wildman–Crippen MR) is 76.4 cm³/mol. The van der Waals surface area contributed by atoms with E-state index in [0.717, 1.165) is 56.0 Å². The number of aryl methyl sites for hydroxylation is 1. The van der Waals surface area contributed by atoms with Gasteiger partial charge in [-0.1, -0.05) is 13.3 Å². The third kappa shape index (κ3) is 3.07. The van der Waals surface area contributed by atoms with Crippen LogP contribution in [0.1, 0.15) is 31.9 Å². The molecule has 0 saturated carbocycles. The molecule has 0 radical (unpaired) electrons. The Balaban J connectivity index is 2.33. The fourth-order valence-electron chi connectivity index (χ4n) is 2.42. The molecule has 0 spiro atoms. The molecule has 106 valence electrons. The summed E-state index contributed by atoms with van der Waals surface area (Å²) in [5, 5.41) is 0. The first-order chi connectivity index (χ1) is 9.15. The Morgan fingerprint density at radius 1 is 1.42 bits per heavy atom. The van der Waals surface area contributed by atoms with Crippen molar-refractivity contribution in [3.63, 3.8) is 0 Å². The second-order valence-corrected chi connectivity index (χ2v) is 4.98. The number of nitrogen functional groups attached to an aromatic ring is 1. The van der Waals surface area contributed by atoms with E-state index in [1.54, 1.807) is 7.11 Å². The summed E-state index contributed by atoms with van der Waals surface area (Å²) in [5.74, 6) is 1.84. The molecule has 0 aromatic carbocycles. The van der Waals surface area contributed by atoms with Crippen LogP contribution in [0.5, 0.6) is 5.75 Å². The zero-order valence-electron chi connectivity index (χ0n) is 11.7. The molecular formula is C13H23N5O. The Kier molecular flexibility index (Phi) is 4.42. The lowest BCUT2D eigenvalue weighted by Crippen LogP contribution is -2.27. The maximum Gasteiger partial charge on any atom is 0.222 e. The predicted octanol–water partition coefficient (Wildman–Crippen LogP) is 0.947. The minimum absolute atomic E-state index is 0.194. The largest absolute Gasteiger partial charge is 0.491 e. The zero-order chi connectivity index (χ0) is 13.8. The van der Waals surface area contributed by atoms with Gasteiger partial charge in [0.25, 0.3) is 0 Å². The summed E-state index contributed by atoms with van der Waals surface area (Å²) in [6, 6.07) is 0.194. The summed E-state index contributed by atoms with van der Waals surface area (Å²) in [6.07, 6.45) is 4.00. The van der Waals surface area contributed by atoms with Gasteiger partial charge >= 0.3 is 0 Å². The fraction of sp³-hybridized carbons (Fsp3) is 0.692. The SMILES string of the molecule is CCCCc1nc(N)nc(N2CC[C@@H](N)C2)c1OC. The molecule has 0 bridgehead atoms. The Labute approximate surface area is 114 Å². The van der Waals surface area contributed by atoms with Gasteiger partial charge in [-0.25, -0.2) is 4.98 Å². The van der Waals surface area contributed by atoms with Crippen LogP contribution in [-0.4, -0.2) is 36.2 Å². The van der Waals surface area contributed by atoms with Crippen molar-refractivity contribution < 1.29 is 4.74 Å². The van der Waals surface area contributed by atoms with Gasteiger partial charge in [0.1, 0.15) is 0 Å². The average molecular weight is 265 g/mol. The van der Waals surface area contributed by atoms with Gasteiger partial charge in [-0.05, 0) is 19.3 Å². The minimum Gasteiger partial charge on any atom is -0.491 e. The monoisotopic (exact) mass is 265 g/mol. The van der Waals surface area contributed by atoms with Crippen molar-refractivity contribution in [2.45, 2.75) is 38.6 Å². The average Bonchev–Trinajstić information content (AvgIpc) is 2.82. The van der Waals surface area contributed by atoms with Crippen molar-refractivity contribution in [2.75, 3.05) is 30.8 Å². The standard InChI is InChI=1S/C13H23N5O/c1-3-4-5-10-11(19-2)12(17-13(15)16-10)18-7-6-9(14)8-18/h9H,3-8,14H2,1-2H3,(H2,15,16,17)/t9-/m1/s1. The number of aromatic nitrogens is 2. The number of nitrogens with two attached hydrogens (primary N) is 2. The molecule has 1 aliphatic rings. The molecule has 0 unspecified atom stereocenters. The van der Waals surface area contributed by atoms with Crippen LogP contribution < -0.4 is 21.1 Å². The molecule has 6 heteroatoms. The van der Waals surface area contributed by atoms with E-state index >= 15 is 0 Å². The van der Waals surface area contributed by atoms with Crippen LogP contribution in [-0.2, 0) is 6.42 Å². The van der Waals surface area contributed by atoms with Gasteiger partial charge in [0.05, 0.1) is 12.8 Å². The van der Waals surface area contributed by atoms with Crippen LogP contribution in [0.2, 0.25) is 0 Å². The Morgan fingerprint density at radius 2 is 2.21 bits per heavy atom. The van der Waals surface area contributed by atoms with E-state index in [4.69, 9.17) is 16.2 Å². The normalized spacial score (nSPS) is 18.9. The van der Waals surface area contributed by atoms with Crippen LogP contribution in [0.25, 0.3) is 0 Å². The molecule has 1 fully saturated rings. The first-order valence-electron chi connectivity index (χ1n) is 6.86. The van der Waals surface area contributed by atoms with Crippen LogP contribution >= 0.6 is 0 Å². The van der Waals surface area contributed by atoms with E-state index in [1.165, 1.54) is 0 Å². The van der Waals surface area contributed by atoms with E-state index in [0.29, 0.717) is 5.95 Å². The van der Waals surface area contributed by atoms with Crippen LogP contribution in [0, 0.1) is 0 Å². The molecule has 1 saturated heterocycles. The maximum atomic E-state index is 5.95. The molecule has 4 N–H and O–H groups in total. The van der Waals surface area contributed by atoms with Crippen molar-refractivity contribution in [1.29, 1.82) is 0 Å². The minimum atomic E-state index is 0.194. The van der Waals surface area contributed by atoms with Gasteiger partial charge in [0, 0.05) is 19.1 Å². The number of nitrogens with zero attached hydrogens (tertiary/aromatic N) is 3. The summed E-state index contributed by atoms with van der Waals surface area (Å²) in [5.41, 5.74) is 12.7. The van der Waals surface area contributed by atoms with Gasteiger partial charge in [-0.15, -0.1) is 0 Å². The number of unbranched alkanes of at least 4 members (excludes halogenated alkanes) is 1. The van der Waals surface area contributed by atoms with E-state index in [2.05, 4.69) is 21.8 Å². The number of hydrogen-bond acceptors (Lipinski definition) is 6. The maximum absolute atomic E-state index is 5.95. The molecule has 0 amide bonds. The number of rotatable bonds is 5. The van der Waals surface area contributed by atoms with Gasteiger partial charge in [0.2, 0.25) is 5.95 Å². The van der Waals surface area contributed by atoms with Gasteiger partial charge in [-0.2, -0.15) is 4.98 Å². The third-order valence-electron chi connectivity index (χ3n) is 3.43. The van der Waals surface area contributed by atoms with Gasteiger partial charge in [0.15, 0.2) is 11.6 Å². The second-order valence-electron chi connectivity index (χ2n) is 4.98. The highest BCUT2D eigenvalue weighted by molar-refractivity contribution is 5.58. The lowest BCUT2D eigenvalue weighted by atomic mass is 10.2. The van der Waals surface area contributed by atoms with Crippen molar-refractivity contribution in [3.05, 3.63) is 5.69 Å². The van der Waals surface area contributed by atoms with Crippen LogP contribution in [0.4, 0.5) is 11.8 Å². The number of methoxy groups -OCH3 is 1. The van der Waals surface area contributed by atoms with E-state index in [-0.39, 0.29) is 6.04 Å². The molecule has 1 atom stereocenters. The molecule has 6 nitrogen and oxygen atoms in total. The molecule has 19 heavy (non-hydrogen) atoms. The first-order valence-corrected chi connectivity index (χ1v) is 6.86. The molecule has 2 heterocycles. The quantitative estimate of drug-likeness (QED) is 0.823. The lowest BCUT2D eigenvalue weighted by Gasteiger charge is -2.21. The number of anilines is 2. The summed E-state index contributed by atoms with van der Waals surface area (Å²) >= 11 is 0. The molecular weight excluding hydrogens is 242 g/mol. The highest BCUT2D eigenvalue weighted by Crippen LogP contribution is 2.32. The second kappa shape index (κ2) is 6.06. The third-order valence-corrected chi connectivity index (χ3v) is 3.43. The molecule has 1 aliphatic heterocycles. The molecule has 2 rings (SSSR count). The van der Waals surface area contributed by atoms with Crippen LogP contribution in [0.15, 0.2) is 0 Å². The first kappa shape index (κ1) is 13.9.